The summed E-state index contributed by atoms with van der Waals surface area (Å²) in [6.45, 7) is 3.12. The molecule has 0 radical (unpaired) electrons. The summed E-state index contributed by atoms with van der Waals surface area (Å²) >= 11 is 15.9. The Kier molecular flexibility index (Phi) is 6.56. The maximum absolute atomic E-state index is 6.34. The van der Waals surface area contributed by atoms with E-state index in [2.05, 4.69) is 40.3 Å². The Labute approximate surface area is 144 Å². The highest BCUT2D eigenvalue weighted by molar-refractivity contribution is 9.10. The molecule has 0 saturated heterocycles. The monoisotopic (exact) mass is 385 g/mol. The molecular formula is C17H18BrCl2N. The highest BCUT2D eigenvalue weighted by atomic mass is 79.9. The molecule has 4 heteroatoms. The zero-order chi connectivity index (χ0) is 15.2. The summed E-state index contributed by atoms with van der Waals surface area (Å²) < 4.78 is 0.997. The summed E-state index contributed by atoms with van der Waals surface area (Å²) in [6, 6.07) is 14.2. The molecule has 1 atom stereocenters. The Morgan fingerprint density at radius 1 is 1.14 bits per heavy atom. The summed E-state index contributed by atoms with van der Waals surface area (Å²) in [5.41, 5.74) is 2.32. The van der Waals surface area contributed by atoms with Crippen LogP contribution in [0, 0.1) is 0 Å². The highest BCUT2D eigenvalue weighted by Gasteiger charge is 2.14. The number of nitrogens with one attached hydrogen (secondary N) is 1. The lowest BCUT2D eigenvalue weighted by atomic mass is 9.98. The van der Waals surface area contributed by atoms with Gasteiger partial charge in [0.2, 0.25) is 0 Å². The Bertz CT molecular complexity index is 601. The second-order valence-corrected chi connectivity index (χ2v) is 6.76. The number of halogens is 3. The predicted molar refractivity (Wildman–Crippen MR) is 95.3 cm³/mol. The van der Waals surface area contributed by atoms with Crippen LogP contribution in [0.15, 0.2) is 46.9 Å². The van der Waals surface area contributed by atoms with Gasteiger partial charge in [0, 0.05) is 20.6 Å². The van der Waals surface area contributed by atoms with Crippen molar-refractivity contribution < 1.29 is 0 Å². The number of hydrogen-bond donors (Lipinski definition) is 1. The van der Waals surface area contributed by atoms with Gasteiger partial charge in [-0.1, -0.05) is 64.3 Å². The van der Waals surface area contributed by atoms with E-state index in [0.717, 1.165) is 39.5 Å². The summed E-state index contributed by atoms with van der Waals surface area (Å²) in [6.07, 6.45) is 1.93. The summed E-state index contributed by atoms with van der Waals surface area (Å²) in [4.78, 5) is 0. The van der Waals surface area contributed by atoms with Crippen LogP contribution in [0.4, 0.5) is 0 Å². The van der Waals surface area contributed by atoms with Crippen molar-refractivity contribution >= 4 is 39.1 Å². The van der Waals surface area contributed by atoms with Crippen LogP contribution in [-0.2, 0) is 6.42 Å². The minimum Gasteiger partial charge on any atom is -0.310 e. The molecule has 1 unspecified atom stereocenters. The van der Waals surface area contributed by atoms with Crippen LogP contribution < -0.4 is 5.32 Å². The van der Waals surface area contributed by atoms with Gasteiger partial charge in [0.05, 0.1) is 0 Å². The number of hydrogen-bond acceptors (Lipinski definition) is 1. The minimum absolute atomic E-state index is 0.210. The van der Waals surface area contributed by atoms with E-state index in [9.17, 15) is 0 Å². The van der Waals surface area contributed by atoms with Gasteiger partial charge in [-0.15, -0.1) is 0 Å². The van der Waals surface area contributed by atoms with Crippen molar-refractivity contribution in [3.8, 4) is 0 Å². The molecule has 0 aliphatic heterocycles. The third kappa shape index (κ3) is 5.00. The van der Waals surface area contributed by atoms with Crippen LogP contribution in [0.1, 0.15) is 30.5 Å². The van der Waals surface area contributed by atoms with E-state index >= 15 is 0 Å². The SMILES string of the molecule is CCCNC(Cc1ccc(Br)cc1Cl)c1cccc(Cl)c1. The molecule has 2 aromatic carbocycles. The van der Waals surface area contributed by atoms with E-state index in [4.69, 9.17) is 23.2 Å². The van der Waals surface area contributed by atoms with Gasteiger partial charge in [0.1, 0.15) is 0 Å². The Balaban J connectivity index is 2.23. The first-order valence-electron chi connectivity index (χ1n) is 7.03. The van der Waals surface area contributed by atoms with Crippen molar-refractivity contribution in [3.63, 3.8) is 0 Å². The maximum atomic E-state index is 6.34. The fourth-order valence-corrected chi connectivity index (χ4v) is 3.21. The van der Waals surface area contributed by atoms with Gasteiger partial charge in [-0.05, 0) is 54.8 Å². The van der Waals surface area contributed by atoms with Crippen LogP contribution in [0.2, 0.25) is 10.0 Å². The van der Waals surface area contributed by atoms with E-state index < -0.39 is 0 Å². The largest absolute Gasteiger partial charge is 0.310 e. The van der Waals surface area contributed by atoms with E-state index in [1.807, 2.05) is 30.3 Å². The van der Waals surface area contributed by atoms with Crippen molar-refractivity contribution in [2.45, 2.75) is 25.8 Å². The van der Waals surface area contributed by atoms with Crippen LogP contribution in [0.5, 0.6) is 0 Å². The van der Waals surface area contributed by atoms with Gasteiger partial charge < -0.3 is 5.32 Å². The van der Waals surface area contributed by atoms with Gasteiger partial charge in [0.15, 0.2) is 0 Å². The molecule has 0 heterocycles. The van der Waals surface area contributed by atoms with Gasteiger partial charge in [-0.2, -0.15) is 0 Å². The molecule has 0 spiro atoms. The zero-order valence-electron chi connectivity index (χ0n) is 11.9. The van der Waals surface area contributed by atoms with Gasteiger partial charge in [-0.3, -0.25) is 0 Å². The molecular weight excluding hydrogens is 369 g/mol. The van der Waals surface area contributed by atoms with Crippen molar-refractivity contribution in [2.75, 3.05) is 6.54 Å². The molecule has 2 aromatic rings. The van der Waals surface area contributed by atoms with Crippen LogP contribution >= 0.6 is 39.1 Å². The third-order valence-corrected chi connectivity index (χ3v) is 4.41. The molecule has 0 amide bonds. The van der Waals surface area contributed by atoms with E-state index in [0.29, 0.717) is 0 Å². The topological polar surface area (TPSA) is 12.0 Å². The second-order valence-electron chi connectivity index (χ2n) is 5.00. The van der Waals surface area contributed by atoms with E-state index in [1.165, 1.54) is 5.56 Å². The zero-order valence-corrected chi connectivity index (χ0v) is 15.0. The quantitative estimate of drug-likeness (QED) is 0.638. The van der Waals surface area contributed by atoms with Crippen molar-refractivity contribution in [1.29, 1.82) is 0 Å². The molecule has 0 aliphatic carbocycles. The van der Waals surface area contributed by atoms with E-state index in [1.54, 1.807) is 0 Å². The molecule has 0 aromatic heterocycles. The summed E-state index contributed by atoms with van der Waals surface area (Å²) in [5.74, 6) is 0. The predicted octanol–water partition coefficient (Wildman–Crippen LogP) is 6.04. The Hall–Kier alpha value is -0.540. The average Bonchev–Trinajstić information content (AvgIpc) is 2.45. The molecule has 0 fully saturated rings. The summed E-state index contributed by atoms with van der Waals surface area (Å²) in [7, 11) is 0. The second kappa shape index (κ2) is 8.19. The van der Waals surface area contributed by atoms with Crippen molar-refractivity contribution in [3.05, 3.63) is 68.1 Å². The first-order chi connectivity index (χ1) is 10.1. The van der Waals surface area contributed by atoms with Crippen LogP contribution in [0.3, 0.4) is 0 Å². The lowest BCUT2D eigenvalue weighted by Gasteiger charge is -2.20. The van der Waals surface area contributed by atoms with Gasteiger partial charge in [-0.25, -0.2) is 0 Å². The molecule has 0 saturated carbocycles. The smallest absolute Gasteiger partial charge is 0.0449 e. The van der Waals surface area contributed by atoms with Crippen LogP contribution in [0.25, 0.3) is 0 Å². The highest BCUT2D eigenvalue weighted by Crippen LogP contribution is 2.27. The minimum atomic E-state index is 0.210. The first kappa shape index (κ1) is 16.8. The van der Waals surface area contributed by atoms with Crippen molar-refractivity contribution in [2.24, 2.45) is 0 Å². The molecule has 2 rings (SSSR count). The molecule has 112 valence electrons. The van der Waals surface area contributed by atoms with Crippen LogP contribution in [-0.4, -0.2) is 6.54 Å². The standard InChI is InChI=1S/C17H18BrCl2N/c1-2-8-21-17(13-4-3-5-15(19)9-13)10-12-6-7-14(18)11-16(12)20/h3-7,9,11,17,21H,2,8,10H2,1H3. The molecule has 1 nitrogen and oxygen atoms in total. The van der Waals surface area contributed by atoms with Gasteiger partial charge in [0.25, 0.3) is 0 Å². The molecule has 21 heavy (non-hydrogen) atoms. The first-order valence-corrected chi connectivity index (χ1v) is 8.58. The normalized spacial score (nSPS) is 12.4. The fourth-order valence-electron chi connectivity index (χ4n) is 2.26. The third-order valence-electron chi connectivity index (χ3n) is 3.33. The molecule has 0 aliphatic rings. The van der Waals surface area contributed by atoms with Crippen molar-refractivity contribution in [1.82, 2.24) is 5.32 Å². The number of benzene rings is 2. The Morgan fingerprint density at radius 2 is 1.95 bits per heavy atom. The lowest BCUT2D eigenvalue weighted by Crippen LogP contribution is -2.24. The molecule has 0 bridgehead atoms. The lowest BCUT2D eigenvalue weighted by molar-refractivity contribution is 0.529. The molecule has 1 N–H and O–H groups in total. The maximum Gasteiger partial charge on any atom is 0.0449 e. The Morgan fingerprint density at radius 3 is 2.62 bits per heavy atom. The summed E-state index contributed by atoms with van der Waals surface area (Å²) in [5, 5.41) is 5.12. The number of rotatable bonds is 6. The van der Waals surface area contributed by atoms with E-state index in [-0.39, 0.29) is 6.04 Å². The van der Waals surface area contributed by atoms with Gasteiger partial charge >= 0.3 is 0 Å². The fraction of sp³-hybridized carbons (Fsp3) is 0.294. The average molecular weight is 387 g/mol.